The van der Waals surface area contributed by atoms with Crippen LogP contribution in [-0.2, 0) is 6.42 Å². The number of halogens is 1. The van der Waals surface area contributed by atoms with Crippen molar-refractivity contribution in [1.82, 2.24) is 0 Å². The van der Waals surface area contributed by atoms with Gasteiger partial charge in [-0.3, -0.25) is 0 Å². The molecular weight excluding hydrogens is 230 g/mol. The third-order valence-corrected chi connectivity index (χ3v) is 2.30. The van der Waals surface area contributed by atoms with Crippen molar-refractivity contribution in [3.8, 4) is 6.07 Å². The Morgan fingerprint density at radius 2 is 2.00 bits per heavy atom. The second-order valence-electron chi connectivity index (χ2n) is 2.81. The van der Waals surface area contributed by atoms with Crippen LogP contribution in [0.1, 0.15) is 12.0 Å². The summed E-state index contributed by atoms with van der Waals surface area (Å²) < 4.78 is 1.04. The van der Waals surface area contributed by atoms with E-state index in [9.17, 15) is 0 Å². The Morgan fingerprint density at radius 3 is 2.54 bits per heavy atom. The van der Waals surface area contributed by atoms with E-state index in [1.807, 2.05) is 24.3 Å². The number of nitrogens with zero attached hydrogens (tertiary/aromatic N) is 1. The van der Waals surface area contributed by atoms with Crippen molar-refractivity contribution in [2.75, 3.05) is 0 Å². The minimum atomic E-state index is -0.844. The van der Waals surface area contributed by atoms with Gasteiger partial charge in [-0.05, 0) is 30.5 Å². The minimum Gasteiger partial charge on any atom is -0.378 e. The number of aliphatic hydroxyl groups is 1. The predicted octanol–water partition coefficient (Wildman–Crippen LogP) is 2.27. The third kappa shape index (κ3) is 3.58. The van der Waals surface area contributed by atoms with Gasteiger partial charge in [0.2, 0.25) is 0 Å². The first-order valence-electron chi connectivity index (χ1n) is 4.04. The van der Waals surface area contributed by atoms with E-state index in [2.05, 4.69) is 15.9 Å². The van der Waals surface area contributed by atoms with Crippen molar-refractivity contribution in [3.63, 3.8) is 0 Å². The summed E-state index contributed by atoms with van der Waals surface area (Å²) >= 11 is 3.34. The van der Waals surface area contributed by atoms with Crippen LogP contribution in [0.15, 0.2) is 28.7 Å². The van der Waals surface area contributed by atoms with Gasteiger partial charge in [-0.15, -0.1) is 0 Å². The molecule has 0 amide bonds. The van der Waals surface area contributed by atoms with E-state index >= 15 is 0 Å². The lowest BCUT2D eigenvalue weighted by Crippen LogP contribution is -2.03. The van der Waals surface area contributed by atoms with E-state index in [1.165, 1.54) is 0 Å². The van der Waals surface area contributed by atoms with Gasteiger partial charge in [-0.2, -0.15) is 5.26 Å². The second-order valence-corrected chi connectivity index (χ2v) is 3.73. The van der Waals surface area contributed by atoms with Crippen molar-refractivity contribution < 1.29 is 5.11 Å². The topological polar surface area (TPSA) is 44.0 Å². The van der Waals surface area contributed by atoms with E-state index < -0.39 is 6.10 Å². The summed E-state index contributed by atoms with van der Waals surface area (Å²) in [5, 5.41) is 17.4. The monoisotopic (exact) mass is 239 g/mol. The van der Waals surface area contributed by atoms with Gasteiger partial charge >= 0.3 is 0 Å². The molecule has 0 aromatic heterocycles. The molecule has 1 unspecified atom stereocenters. The van der Waals surface area contributed by atoms with Crippen molar-refractivity contribution in [2.24, 2.45) is 0 Å². The van der Waals surface area contributed by atoms with E-state index in [-0.39, 0.29) is 0 Å². The largest absolute Gasteiger partial charge is 0.378 e. The summed E-state index contributed by atoms with van der Waals surface area (Å²) in [5.41, 5.74) is 1.14. The smallest absolute Gasteiger partial charge is 0.140 e. The highest BCUT2D eigenvalue weighted by molar-refractivity contribution is 9.10. The van der Waals surface area contributed by atoms with Crippen LogP contribution < -0.4 is 0 Å². The Balaban J connectivity index is 2.47. The molecule has 68 valence electrons. The Morgan fingerprint density at radius 1 is 1.38 bits per heavy atom. The lowest BCUT2D eigenvalue weighted by atomic mass is 10.1. The second kappa shape index (κ2) is 5.00. The molecule has 1 atom stereocenters. The number of aryl methyl sites for hydroxylation is 1. The zero-order valence-electron chi connectivity index (χ0n) is 7.07. The van der Waals surface area contributed by atoms with Crippen LogP contribution in [0.5, 0.6) is 0 Å². The minimum absolute atomic E-state index is 0.498. The molecule has 3 heteroatoms. The molecule has 2 nitrogen and oxygen atoms in total. The van der Waals surface area contributed by atoms with Crippen LogP contribution >= 0.6 is 15.9 Å². The number of nitriles is 1. The van der Waals surface area contributed by atoms with Crippen LogP contribution in [0.25, 0.3) is 0 Å². The molecule has 1 aromatic rings. The molecule has 1 aromatic carbocycles. The molecule has 0 bridgehead atoms. The Labute approximate surface area is 85.9 Å². The Bertz CT molecular complexity index is 302. The van der Waals surface area contributed by atoms with Gasteiger partial charge in [0.05, 0.1) is 6.07 Å². The molecule has 0 saturated heterocycles. The predicted molar refractivity (Wildman–Crippen MR) is 54.1 cm³/mol. The van der Waals surface area contributed by atoms with Crippen molar-refractivity contribution >= 4 is 15.9 Å². The van der Waals surface area contributed by atoms with Crippen molar-refractivity contribution in [1.29, 1.82) is 5.26 Å². The standard InChI is InChI=1S/C10H10BrNO/c11-9-4-1-8(2-5-9)3-6-10(13)7-12/h1-2,4-5,10,13H,3,6H2. The molecule has 1 rings (SSSR count). The van der Waals surface area contributed by atoms with Crippen LogP contribution in [0, 0.1) is 11.3 Å². The number of hydrogen-bond acceptors (Lipinski definition) is 2. The zero-order valence-corrected chi connectivity index (χ0v) is 8.66. The summed E-state index contributed by atoms with van der Waals surface area (Å²) in [7, 11) is 0. The fourth-order valence-corrected chi connectivity index (χ4v) is 1.28. The summed E-state index contributed by atoms with van der Waals surface area (Å²) in [6, 6.07) is 9.66. The summed E-state index contributed by atoms with van der Waals surface area (Å²) in [6.45, 7) is 0. The molecule has 0 aliphatic heterocycles. The van der Waals surface area contributed by atoms with Crippen LogP contribution in [-0.4, -0.2) is 11.2 Å². The van der Waals surface area contributed by atoms with Gasteiger partial charge in [-0.1, -0.05) is 28.1 Å². The summed E-state index contributed by atoms with van der Waals surface area (Å²) in [4.78, 5) is 0. The molecule has 0 fully saturated rings. The first kappa shape index (κ1) is 10.2. The third-order valence-electron chi connectivity index (χ3n) is 1.77. The van der Waals surface area contributed by atoms with Gasteiger partial charge in [0.25, 0.3) is 0 Å². The lowest BCUT2D eigenvalue weighted by Gasteiger charge is -2.01. The summed E-state index contributed by atoms with van der Waals surface area (Å²) in [6.07, 6.45) is 0.392. The highest BCUT2D eigenvalue weighted by Gasteiger charge is 2.01. The van der Waals surface area contributed by atoms with Crippen molar-refractivity contribution in [3.05, 3.63) is 34.3 Å². The maximum atomic E-state index is 9.00. The quantitative estimate of drug-likeness (QED) is 0.823. The van der Waals surface area contributed by atoms with Crippen LogP contribution in [0.2, 0.25) is 0 Å². The first-order chi connectivity index (χ1) is 6.22. The van der Waals surface area contributed by atoms with E-state index in [1.54, 1.807) is 6.07 Å². The fraction of sp³-hybridized carbons (Fsp3) is 0.300. The average Bonchev–Trinajstić information content (AvgIpc) is 2.16. The highest BCUT2D eigenvalue weighted by atomic mass is 79.9. The first-order valence-corrected chi connectivity index (χ1v) is 4.84. The number of benzene rings is 1. The molecule has 0 saturated carbocycles. The molecule has 0 aliphatic carbocycles. The maximum absolute atomic E-state index is 9.00. The van der Waals surface area contributed by atoms with Crippen LogP contribution in [0.4, 0.5) is 0 Å². The van der Waals surface area contributed by atoms with Crippen molar-refractivity contribution in [2.45, 2.75) is 18.9 Å². The fourth-order valence-electron chi connectivity index (χ4n) is 1.02. The highest BCUT2D eigenvalue weighted by Crippen LogP contribution is 2.12. The molecule has 0 aliphatic rings. The molecule has 0 radical (unpaired) electrons. The summed E-state index contributed by atoms with van der Waals surface area (Å²) in [5.74, 6) is 0. The van der Waals surface area contributed by atoms with Crippen LogP contribution in [0.3, 0.4) is 0 Å². The molecule has 0 heterocycles. The number of hydrogen-bond donors (Lipinski definition) is 1. The Hall–Kier alpha value is -0.850. The van der Waals surface area contributed by atoms with E-state index in [0.29, 0.717) is 6.42 Å². The van der Waals surface area contributed by atoms with Gasteiger partial charge in [0, 0.05) is 4.47 Å². The molecule has 1 N–H and O–H groups in total. The molecule has 13 heavy (non-hydrogen) atoms. The molecule has 0 spiro atoms. The molecular formula is C10H10BrNO. The van der Waals surface area contributed by atoms with E-state index in [0.717, 1.165) is 16.5 Å². The van der Waals surface area contributed by atoms with Gasteiger partial charge in [-0.25, -0.2) is 0 Å². The number of aliphatic hydroxyl groups excluding tert-OH is 1. The Kier molecular flexibility index (Phi) is 3.94. The van der Waals surface area contributed by atoms with Gasteiger partial charge in [0.1, 0.15) is 6.10 Å². The normalized spacial score (nSPS) is 12.1. The van der Waals surface area contributed by atoms with Gasteiger partial charge < -0.3 is 5.11 Å². The average molecular weight is 240 g/mol. The van der Waals surface area contributed by atoms with Gasteiger partial charge in [0.15, 0.2) is 0 Å². The zero-order chi connectivity index (χ0) is 9.68. The number of rotatable bonds is 3. The maximum Gasteiger partial charge on any atom is 0.140 e. The van der Waals surface area contributed by atoms with E-state index in [4.69, 9.17) is 10.4 Å². The SMILES string of the molecule is N#CC(O)CCc1ccc(Br)cc1. The lowest BCUT2D eigenvalue weighted by molar-refractivity contribution is 0.220.